The van der Waals surface area contributed by atoms with E-state index < -0.39 is 29.0 Å². The van der Waals surface area contributed by atoms with Gasteiger partial charge in [0.05, 0.1) is 0 Å². The zero-order valence-corrected chi connectivity index (χ0v) is 14.7. The molecule has 0 N–H and O–H groups in total. The SMILES string of the molecule is C[C]1CCC(c2cc(F)c(C(=O)Oc3ccc(C)c(F)c3)c(F)c2)CC1. The van der Waals surface area contributed by atoms with Gasteiger partial charge in [-0.15, -0.1) is 0 Å². The second-order valence-corrected chi connectivity index (χ2v) is 6.89. The average Bonchev–Trinajstić information content (AvgIpc) is 2.58. The van der Waals surface area contributed by atoms with Gasteiger partial charge >= 0.3 is 5.97 Å². The monoisotopic (exact) mass is 361 g/mol. The summed E-state index contributed by atoms with van der Waals surface area (Å²) in [6, 6.07) is 6.23. The van der Waals surface area contributed by atoms with Crippen molar-refractivity contribution in [3.63, 3.8) is 0 Å². The largest absolute Gasteiger partial charge is 0.423 e. The lowest BCUT2D eigenvalue weighted by atomic mass is 9.79. The van der Waals surface area contributed by atoms with Gasteiger partial charge in [0, 0.05) is 6.07 Å². The quantitative estimate of drug-likeness (QED) is 0.504. The van der Waals surface area contributed by atoms with E-state index in [-0.39, 0.29) is 11.7 Å². The smallest absolute Gasteiger partial charge is 0.349 e. The van der Waals surface area contributed by atoms with Gasteiger partial charge < -0.3 is 4.74 Å². The number of carbonyl (C=O) groups is 1. The van der Waals surface area contributed by atoms with Gasteiger partial charge in [0.15, 0.2) is 0 Å². The molecule has 1 radical (unpaired) electrons. The minimum absolute atomic E-state index is 0.0824. The third-order valence-electron chi connectivity index (χ3n) is 4.93. The number of aryl methyl sites for hydroxylation is 1. The van der Waals surface area contributed by atoms with Gasteiger partial charge in [0.2, 0.25) is 0 Å². The number of ether oxygens (including phenoxy) is 1. The lowest BCUT2D eigenvalue weighted by Gasteiger charge is -2.26. The summed E-state index contributed by atoms with van der Waals surface area (Å²) < 4.78 is 47.3. The summed E-state index contributed by atoms with van der Waals surface area (Å²) in [4.78, 5) is 12.2. The van der Waals surface area contributed by atoms with Gasteiger partial charge in [0.1, 0.15) is 28.8 Å². The van der Waals surface area contributed by atoms with Gasteiger partial charge in [-0.05, 0) is 73.8 Å². The molecule has 0 unspecified atom stereocenters. The summed E-state index contributed by atoms with van der Waals surface area (Å²) in [7, 11) is 0. The van der Waals surface area contributed by atoms with Crippen molar-refractivity contribution in [2.75, 3.05) is 0 Å². The Morgan fingerprint density at radius 2 is 1.58 bits per heavy atom. The fourth-order valence-corrected chi connectivity index (χ4v) is 3.26. The third-order valence-corrected chi connectivity index (χ3v) is 4.93. The van der Waals surface area contributed by atoms with Crippen molar-refractivity contribution in [1.82, 2.24) is 0 Å². The summed E-state index contributed by atoms with van der Waals surface area (Å²) in [5.41, 5.74) is 0.185. The molecule has 0 atom stereocenters. The molecule has 0 amide bonds. The van der Waals surface area contributed by atoms with Crippen LogP contribution in [-0.2, 0) is 0 Å². The maximum Gasteiger partial charge on any atom is 0.349 e. The molecule has 1 fully saturated rings. The number of benzene rings is 2. The van der Waals surface area contributed by atoms with Crippen LogP contribution in [-0.4, -0.2) is 5.97 Å². The number of hydrogen-bond acceptors (Lipinski definition) is 2. The van der Waals surface area contributed by atoms with Crippen LogP contribution in [0.5, 0.6) is 5.75 Å². The lowest BCUT2D eigenvalue weighted by molar-refractivity contribution is 0.0724. The maximum absolute atomic E-state index is 14.4. The Morgan fingerprint density at radius 3 is 2.15 bits per heavy atom. The van der Waals surface area contributed by atoms with Crippen molar-refractivity contribution in [3.8, 4) is 5.75 Å². The summed E-state index contributed by atoms with van der Waals surface area (Å²) in [6.07, 6.45) is 3.57. The Kier molecular flexibility index (Phi) is 5.35. The summed E-state index contributed by atoms with van der Waals surface area (Å²) in [5, 5.41) is 0. The van der Waals surface area contributed by atoms with Crippen LogP contribution in [0.4, 0.5) is 13.2 Å². The van der Waals surface area contributed by atoms with E-state index in [1.165, 1.54) is 30.2 Å². The van der Waals surface area contributed by atoms with Crippen LogP contribution < -0.4 is 4.74 Å². The first-order valence-corrected chi connectivity index (χ1v) is 8.63. The van der Waals surface area contributed by atoms with Crippen LogP contribution in [0, 0.1) is 30.3 Å². The molecule has 0 aromatic heterocycles. The first-order valence-electron chi connectivity index (χ1n) is 8.63. The summed E-state index contributed by atoms with van der Waals surface area (Å²) >= 11 is 0. The van der Waals surface area contributed by atoms with Gasteiger partial charge in [0.25, 0.3) is 0 Å². The predicted molar refractivity (Wildman–Crippen MR) is 92.6 cm³/mol. The first-order chi connectivity index (χ1) is 12.3. The van der Waals surface area contributed by atoms with Crippen molar-refractivity contribution >= 4 is 5.97 Å². The van der Waals surface area contributed by atoms with Gasteiger partial charge in [-0.1, -0.05) is 13.0 Å². The molecule has 1 aliphatic carbocycles. The molecule has 5 heteroatoms. The van der Waals surface area contributed by atoms with E-state index >= 15 is 0 Å². The molecular weight excluding hydrogens is 341 g/mol. The highest BCUT2D eigenvalue weighted by Gasteiger charge is 2.25. The number of rotatable bonds is 3. The fraction of sp³-hybridized carbons (Fsp3) is 0.333. The zero-order valence-electron chi connectivity index (χ0n) is 14.7. The minimum Gasteiger partial charge on any atom is -0.423 e. The van der Waals surface area contributed by atoms with Gasteiger partial charge in [-0.2, -0.15) is 0 Å². The minimum atomic E-state index is -1.18. The summed E-state index contributed by atoms with van der Waals surface area (Å²) in [6.45, 7) is 3.65. The summed E-state index contributed by atoms with van der Waals surface area (Å²) in [5.74, 6) is -2.27. The normalized spacial score (nSPS) is 15.9. The van der Waals surface area contributed by atoms with Crippen LogP contribution in [0.25, 0.3) is 0 Å². The Bertz CT molecular complexity index is 801. The standard InChI is InChI=1S/C21H20F3O2/c1-12-3-6-14(7-4-12)15-9-18(23)20(19(24)10-15)21(25)26-16-8-5-13(2)17(22)11-16/h5,8-11,14H,3-4,6-7H2,1-2H3. The second kappa shape index (κ2) is 7.52. The highest BCUT2D eigenvalue weighted by Crippen LogP contribution is 2.37. The number of carbonyl (C=O) groups excluding carboxylic acids is 1. The van der Waals surface area contributed by atoms with Crippen molar-refractivity contribution in [2.45, 2.75) is 45.4 Å². The van der Waals surface area contributed by atoms with Gasteiger partial charge in [-0.3, -0.25) is 0 Å². The Hall–Kier alpha value is -2.30. The molecule has 0 saturated heterocycles. The lowest BCUT2D eigenvalue weighted by Crippen LogP contribution is -2.15. The Labute approximate surface area is 151 Å². The molecule has 26 heavy (non-hydrogen) atoms. The number of halogens is 3. The topological polar surface area (TPSA) is 26.3 Å². The highest BCUT2D eigenvalue weighted by atomic mass is 19.1. The number of esters is 1. The van der Waals surface area contributed by atoms with Crippen LogP contribution in [0.15, 0.2) is 30.3 Å². The molecule has 0 aliphatic heterocycles. The van der Waals surface area contributed by atoms with E-state index in [1.807, 2.05) is 0 Å². The number of hydrogen-bond donors (Lipinski definition) is 0. The molecule has 1 saturated carbocycles. The fourth-order valence-electron chi connectivity index (χ4n) is 3.26. The van der Waals surface area contributed by atoms with Crippen LogP contribution in [0.3, 0.4) is 0 Å². The maximum atomic E-state index is 14.4. The second-order valence-electron chi connectivity index (χ2n) is 6.89. The molecule has 2 nitrogen and oxygen atoms in total. The third kappa shape index (κ3) is 3.92. The zero-order chi connectivity index (χ0) is 18.8. The molecule has 2 aromatic carbocycles. The van der Waals surface area contributed by atoms with Crippen molar-refractivity contribution < 1.29 is 22.7 Å². The van der Waals surface area contributed by atoms with Crippen LogP contribution in [0.2, 0.25) is 0 Å². The van der Waals surface area contributed by atoms with Gasteiger partial charge in [-0.25, -0.2) is 18.0 Å². The molecule has 0 bridgehead atoms. The van der Waals surface area contributed by atoms with Crippen molar-refractivity contribution in [1.29, 1.82) is 0 Å². The van der Waals surface area contributed by atoms with Crippen LogP contribution in [0.1, 0.15) is 60.0 Å². The van der Waals surface area contributed by atoms with E-state index in [0.29, 0.717) is 11.1 Å². The average molecular weight is 361 g/mol. The predicted octanol–water partition coefficient (Wildman–Crippen LogP) is 5.88. The molecule has 137 valence electrons. The van der Waals surface area contributed by atoms with E-state index in [1.54, 1.807) is 6.92 Å². The van der Waals surface area contributed by atoms with E-state index in [0.717, 1.165) is 31.7 Å². The molecule has 1 aliphatic rings. The molecule has 2 aromatic rings. The Balaban J connectivity index is 1.81. The molecule has 3 rings (SSSR count). The van der Waals surface area contributed by atoms with E-state index in [2.05, 4.69) is 6.92 Å². The highest BCUT2D eigenvalue weighted by molar-refractivity contribution is 5.91. The van der Waals surface area contributed by atoms with Crippen LogP contribution >= 0.6 is 0 Å². The van der Waals surface area contributed by atoms with Crippen molar-refractivity contribution in [3.05, 3.63) is 70.4 Å². The molecular formula is C21H20F3O2. The molecule has 0 heterocycles. The van der Waals surface area contributed by atoms with E-state index in [9.17, 15) is 18.0 Å². The Morgan fingerprint density at radius 1 is 0.962 bits per heavy atom. The van der Waals surface area contributed by atoms with Crippen molar-refractivity contribution in [2.24, 2.45) is 0 Å². The molecule has 0 spiro atoms. The van der Waals surface area contributed by atoms with E-state index in [4.69, 9.17) is 4.74 Å². The first kappa shape index (κ1) is 18.5.